The Morgan fingerprint density at radius 2 is 1.05 bits per heavy atom. The smallest absolute Gasteiger partial charge is 0.0853 e. The summed E-state index contributed by atoms with van der Waals surface area (Å²) >= 11 is 0. The lowest BCUT2D eigenvalue weighted by molar-refractivity contribution is -0.490. The molecular weight excluding hydrogens is 276 g/mol. The van der Waals surface area contributed by atoms with Gasteiger partial charge in [-0.05, 0) is 18.3 Å². The van der Waals surface area contributed by atoms with E-state index in [1.54, 1.807) is 0 Å². The Labute approximate surface area is 138 Å². The van der Waals surface area contributed by atoms with Crippen LogP contribution in [-0.4, -0.2) is 11.9 Å². The van der Waals surface area contributed by atoms with Gasteiger partial charge in [-0.1, -0.05) is 103 Å². The van der Waals surface area contributed by atoms with Crippen molar-refractivity contribution in [3.05, 3.63) is 0 Å². The maximum atomic E-state index is 7.99. The van der Waals surface area contributed by atoms with E-state index in [2.05, 4.69) is 30.7 Å². The first-order valence-electron chi connectivity index (χ1n) is 9.67. The van der Waals surface area contributed by atoms with Crippen molar-refractivity contribution in [1.29, 1.82) is 0 Å². The molecule has 0 aromatic rings. The van der Waals surface area contributed by atoms with Gasteiger partial charge in [0.05, 0.1) is 6.61 Å². The highest BCUT2D eigenvalue weighted by Gasteiger charge is 2.22. The Kier molecular flexibility index (Phi) is 15.7. The van der Waals surface area contributed by atoms with Crippen molar-refractivity contribution in [1.82, 2.24) is 0 Å². The van der Waals surface area contributed by atoms with Crippen LogP contribution in [0.4, 0.5) is 0 Å². The van der Waals surface area contributed by atoms with E-state index < -0.39 is 0 Å². The van der Waals surface area contributed by atoms with Crippen LogP contribution in [0.15, 0.2) is 0 Å². The predicted molar refractivity (Wildman–Crippen MR) is 93.8 cm³/mol. The largest absolute Gasteiger partial charge is 0.221 e. The molecule has 0 radical (unpaired) electrons. The van der Waals surface area contributed by atoms with Gasteiger partial charge in [0.2, 0.25) is 0 Å². The quantitative estimate of drug-likeness (QED) is 0.180. The molecule has 0 aliphatic heterocycles. The summed E-state index contributed by atoms with van der Waals surface area (Å²) in [6.45, 7) is 7.56. The fraction of sp³-hybridized carbons (Fsp3) is 1.00. The van der Waals surface area contributed by atoms with Gasteiger partial charge in [-0.15, -0.1) is 0 Å². The van der Waals surface area contributed by atoms with Crippen molar-refractivity contribution < 1.29 is 15.2 Å². The lowest BCUT2D eigenvalue weighted by atomic mass is 9.75. The zero-order valence-corrected chi connectivity index (χ0v) is 15.4. The molecule has 0 aromatic carbocycles. The molecule has 0 fully saturated rings. The van der Waals surface area contributed by atoms with Gasteiger partial charge in [-0.25, -0.2) is 10.1 Å². The Balaban J connectivity index is 3.27. The first-order chi connectivity index (χ1) is 10.7. The van der Waals surface area contributed by atoms with Crippen LogP contribution in [0.25, 0.3) is 0 Å². The molecule has 0 heterocycles. The summed E-state index contributed by atoms with van der Waals surface area (Å²) in [7, 11) is 0. The minimum Gasteiger partial charge on any atom is -0.221 e. The van der Waals surface area contributed by atoms with E-state index in [0.717, 1.165) is 12.8 Å². The van der Waals surface area contributed by atoms with Crippen LogP contribution >= 0.6 is 0 Å². The van der Waals surface area contributed by atoms with E-state index in [4.69, 9.17) is 5.26 Å². The van der Waals surface area contributed by atoms with Gasteiger partial charge >= 0.3 is 0 Å². The fourth-order valence-electron chi connectivity index (χ4n) is 3.39. The van der Waals surface area contributed by atoms with Gasteiger partial charge < -0.3 is 0 Å². The van der Waals surface area contributed by atoms with Crippen LogP contribution in [0.1, 0.15) is 111 Å². The second kappa shape index (κ2) is 15.8. The lowest BCUT2D eigenvalue weighted by Crippen LogP contribution is -2.17. The van der Waals surface area contributed by atoms with Crippen molar-refractivity contribution in [3.63, 3.8) is 0 Å². The number of unbranched alkanes of at least 4 members (excludes halogenated alkanes) is 9. The molecule has 0 aliphatic rings. The maximum absolute atomic E-state index is 7.99. The molecule has 0 bridgehead atoms. The summed E-state index contributed by atoms with van der Waals surface area (Å²) in [5, 5.41) is 11.6. The second-order valence-electron chi connectivity index (χ2n) is 6.74. The molecule has 0 saturated heterocycles. The van der Waals surface area contributed by atoms with Crippen molar-refractivity contribution in [2.24, 2.45) is 5.41 Å². The highest BCUT2D eigenvalue weighted by molar-refractivity contribution is 4.74. The summed E-state index contributed by atoms with van der Waals surface area (Å²) in [5.41, 5.74) is 0.630. The van der Waals surface area contributed by atoms with Crippen LogP contribution in [0.3, 0.4) is 0 Å². The molecule has 22 heavy (non-hydrogen) atoms. The average Bonchev–Trinajstić information content (AvgIpc) is 2.56. The molecule has 3 heteroatoms. The van der Waals surface area contributed by atoms with Crippen LogP contribution in [0.5, 0.6) is 0 Å². The third-order valence-electron chi connectivity index (χ3n) is 5.49. The van der Waals surface area contributed by atoms with Crippen LogP contribution in [0.2, 0.25) is 0 Å². The molecule has 0 rings (SSSR count). The SMILES string of the molecule is CCC(CC)(CC)CCCCCCCCCCCCOOO. The minimum atomic E-state index is 0.491. The molecule has 0 amide bonds. The van der Waals surface area contributed by atoms with Crippen molar-refractivity contribution in [3.8, 4) is 0 Å². The molecule has 0 atom stereocenters. The van der Waals surface area contributed by atoms with Crippen molar-refractivity contribution in [2.45, 2.75) is 111 Å². The summed E-state index contributed by atoms with van der Waals surface area (Å²) in [5.74, 6) is 0. The predicted octanol–water partition coefficient (Wildman–Crippen LogP) is 6.92. The van der Waals surface area contributed by atoms with Gasteiger partial charge in [0.1, 0.15) is 0 Å². The van der Waals surface area contributed by atoms with E-state index >= 15 is 0 Å². The first-order valence-corrected chi connectivity index (χ1v) is 9.67. The normalized spacial score (nSPS) is 12.0. The summed E-state index contributed by atoms with van der Waals surface area (Å²) < 4.78 is 0. The van der Waals surface area contributed by atoms with E-state index in [-0.39, 0.29) is 0 Å². The molecule has 0 spiro atoms. The van der Waals surface area contributed by atoms with Crippen molar-refractivity contribution >= 4 is 0 Å². The number of rotatable bonds is 17. The molecular formula is C19H40O3. The molecule has 134 valence electrons. The van der Waals surface area contributed by atoms with E-state index in [0.29, 0.717) is 12.0 Å². The van der Waals surface area contributed by atoms with Gasteiger partial charge in [0.25, 0.3) is 0 Å². The van der Waals surface area contributed by atoms with Gasteiger partial charge in [0.15, 0.2) is 0 Å². The third-order valence-corrected chi connectivity index (χ3v) is 5.49. The third kappa shape index (κ3) is 11.4. The number of hydrogen-bond acceptors (Lipinski definition) is 3. The summed E-state index contributed by atoms with van der Waals surface area (Å²) in [6, 6.07) is 0. The second-order valence-corrected chi connectivity index (χ2v) is 6.74. The van der Waals surface area contributed by atoms with Gasteiger partial charge in [-0.3, -0.25) is 0 Å². The zero-order chi connectivity index (χ0) is 16.5. The Morgan fingerprint density at radius 1 is 0.636 bits per heavy atom. The van der Waals surface area contributed by atoms with Crippen LogP contribution in [-0.2, 0) is 9.93 Å². The molecule has 0 aromatic heterocycles. The lowest BCUT2D eigenvalue weighted by Gasteiger charge is -2.30. The average molecular weight is 317 g/mol. The molecule has 0 aliphatic carbocycles. The minimum absolute atomic E-state index is 0.491. The van der Waals surface area contributed by atoms with Gasteiger partial charge in [0, 0.05) is 0 Å². The van der Waals surface area contributed by atoms with Crippen molar-refractivity contribution in [2.75, 3.05) is 6.61 Å². The molecule has 0 unspecified atom stereocenters. The van der Waals surface area contributed by atoms with Crippen LogP contribution in [0, 0.1) is 5.41 Å². The standard InChI is InChI=1S/C19H40O3/c1-4-19(5-2,6-3)17-15-13-11-9-7-8-10-12-14-16-18-21-22-20/h20H,4-18H2,1-3H3. The number of hydrogen-bond donors (Lipinski definition) is 1. The Bertz CT molecular complexity index is 206. The fourth-order valence-corrected chi connectivity index (χ4v) is 3.39. The first kappa shape index (κ1) is 21.9. The molecule has 1 N–H and O–H groups in total. The Hall–Kier alpha value is -0.120. The summed E-state index contributed by atoms with van der Waals surface area (Å²) in [6.07, 6.45) is 18.6. The Morgan fingerprint density at radius 3 is 1.45 bits per heavy atom. The van der Waals surface area contributed by atoms with E-state index in [1.807, 2.05) is 0 Å². The maximum Gasteiger partial charge on any atom is 0.0853 e. The zero-order valence-electron chi connectivity index (χ0n) is 15.4. The van der Waals surface area contributed by atoms with Crippen LogP contribution < -0.4 is 0 Å². The van der Waals surface area contributed by atoms with E-state index in [9.17, 15) is 0 Å². The monoisotopic (exact) mass is 316 g/mol. The highest BCUT2D eigenvalue weighted by atomic mass is 17.5. The molecule has 0 saturated carbocycles. The molecule has 3 nitrogen and oxygen atoms in total. The highest BCUT2D eigenvalue weighted by Crippen LogP contribution is 2.36. The summed E-state index contributed by atoms with van der Waals surface area (Å²) in [4.78, 5) is 4.42. The van der Waals surface area contributed by atoms with E-state index in [1.165, 1.54) is 77.0 Å². The topological polar surface area (TPSA) is 38.7 Å². The van der Waals surface area contributed by atoms with Gasteiger partial charge in [-0.2, -0.15) is 0 Å².